The van der Waals surface area contributed by atoms with Crippen molar-refractivity contribution in [2.45, 2.75) is 27.2 Å². The summed E-state index contributed by atoms with van der Waals surface area (Å²) in [6.07, 6.45) is 0.226. The zero-order valence-corrected chi connectivity index (χ0v) is 9.41. The summed E-state index contributed by atoms with van der Waals surface area (Å²) >= 11 is 0. The zero-order chi connectivity index (χ0) is 11.4. The van der Waals surface area contributed by atoms with Gasteiger partial charge < -0.3 is 0 Å². The molecule has 2 heteroatoms. The van der Waals surface area contributed by atoms with Crippen LogP contribution in [0.25, 0.3) is 0 Å². The van der Waals surface area contributed by atoms with E-state index in [1.165, 1.54) is 0 Å². The Morgan fingerprint density at radius 3 is 2.33 bits per heavy atom. The molecule has 0 aromatic heterocycles. The van der Waals surface area contributed by atoms with Crippen molar-refractivity contribution < 1.29 is 9.59 Å². The number of rotatable bonds is 4. The molecule has 1 aromatic carbocycles. The van der Waals surface area contributed by atoms with E-state index in [1.807, 2.05) is 31.2 Å². The van der Waals surface area contributed by atoms with Gasteiger partial charge in [0.1, 0.15) is 0 Å². The van der Waals surface area contributed by atoms with Gasteiger partial charge >= 0.3 is 0 Å². The Bertz CT molecular complexity index is 378. The summed E-state index contributed by atoms with van der Waals surface area (Å²) in [5.74, 6) is -0.779. The van der Waals surface area contributed by atoms with Crippen LogP contribution in [-0.4, -0.2) is 11.6 Å². The first kappa shape index (κ1) is 11.6. The van der Waals surface area contributed by atoms with Crippen molar-refractivity contribution in [2.75, 3.05) is 0 Å². The van der Waals surface area contributed by atoms with Gasteiger partial charge in [-0.15, -0.1) is 0 Å². The lowest BCUT2D eigenvalue weighted by Crippen LogP contribution is -2.21. The molecule has 0 aliphatic rings. The van der Waals surface area contributed by atoms with Gasteiger partial charge in [0.05, 0.1) is 0 Å². The molecule has 0 fully saturated rings. The van der Waals surface area contributed by atoms with Gasteiger partial charge in [-0.25, -0.2) is 0 Å². The second kappa shape index (κ2) is 4.87. The molecule has 0 amide bonds. The summed E-state index contributed by atoms with van der Waals surface area (Å²) in [5, 5.41) is 0. The molecular formula is C13H16O2. The molecule has 0 aliphatic heterocycles. The van der Waals surface area contributed by atoms with Crippen LogP contribution < -0.4 is 0 Å². The van der Waals surface area contributed by atoms with Crippen LogP contribution in [0.1, 0.15) is 25.0 Å². The number of hydrogen-bond acceptors (Lipinski definition) is 2. The fourth-order valence-electron chi connectivity index (χ4n) is 1.39. The molecule has 0 aliphatic carbocycles. The number of ketones is 2. The average Bonchev–Trinajstić information content (AvgIpc) is 2.20. The number of Topliss-reactive ketones (excluding diaryl/α,β-unsaturated/α-hetero) is 2. The Morgan fingerprint density at radius 1 is 1.20 bits per heavy atom. The second-order valence-electron chi connectivity index (χ2n) is 4.05. The van der Waals surface area contributed by atoms with Crippen molar-refractivity contribution in [3.8, 4) is 0 Å². The first-order chi connectivity index (χ1) is 7.02. The maximum Gasteiger partial charge on any atom is 0.203 e. The van der Waals surface area contributed by atoms with Crippen LogP contribution in [0.3, 0.4) is 0 Å². The predicted molar refractivity (Wildman–Crippen MR) is 59.7 cm³/mol. The predicted octanol–water partition coefficient (Wildman–Crippen LogP) is 2.33. The number of carbonyl (C=O) groups is 2. The van der Waals surface area contributed by atoms with Crippen LogP contribution in [0.2, 0.25) is 0 Å². The van der Waals surface area contributed by atoms with Gasteiger partial charge in [-0.1, -0.05) is 38.1 Å². The number of aryl methyl sites for hydroxylation is 1. The van der Waals surface area contributed by atoms with Gasteiger partial charge in [-0.2, -0.15) is 0 Å². The summed E-state index contributed by atoms with van der Waals surface area (Å²) in [4.78, 5) is 23.0. The minimum atomic E-state index is -0.292. The monoisotopic (exact) mass is 204 g/mol. The quantitative estimate of drug-likeness (QED) is 0.705. The van der Waals surface area contributed by atoms with E-state index < -0.39 is 0 Å². The highest BCUT2D eigenvalue weighted by Crippen LogP contribution is 2.09. The summed E-state index contributed by atoms with van der Waals surface area (Å²) in [7, 11) is 0. The van der Waals surface area contributed by atoms with Gasteiger partial charge in [0, 0.05) is 12.3 Å². The Hall–Kier alpha value is -1.44. The maximum atomic E-state index is 11.6. The molecule has 15 heavy (non-hydrogen) atoms. The lowest BCUT2D eigenvalue weighted by Gasteiger charge is -2.05. The Kier molecular flexibility index (Phi) is 3.78. The molecule has 2 nitrogen and oxygen atoms in total. The van der Waals surface area contributed by atoms with E-state index in [9.17, 15) is 9.59 Å². The second-order valence-corrected chi connectivity index (χ2v) is 4.05. The number of hydrogen-bond donors (Lipinski definition) is 0. The maximum absolute atomic E-state index is 11.6. The molecule has 0 spiro atoms. The molecule has 0 saturated carbocycles. The molecule has 0 heterocycles. The van der Waals surface area contributed by atoms with Crippen LogP contribution in [0.15, 0.2) is 24.3 Å². The highest BCUT2D eigenvalue weighted by molar-refractivity contribution is 6.38. The van der Waals surface area contributed by atoms with Gasteiger partial charge in [0.2, 0.25) is 11.6 Å². The molecule has 0 unspecified atom stereocenters. The normalized spacial score (nSPS) is 10.4. The topological polar surface area (TPSA) is 34.1 Å². The van der Waals surface area contributed by atoms with Crippen molar-refractivity contribution in [1.29, 1.82) is 0 Å². The molecule has 0 saturated heterocycles. The van der Waals surface area contributed by atoms with Gasteiger partial charge in [0.15, 0.2) is 0 Å². The lowest BCUT2D eigenvalue weighted by molar-refractivity contribution is -0.138. The largest absolute Gasteiger partial charge is 0.291 e. The Morgan fingerprint density at radius 2 is 1.80 bits per heavy atom. The summed E-state index contributed by atoms with van der Waals surface area (Å²) < 4.78 is 0. The highest BCUT2D eigenvalue weighted by Gasteiger charge is 2.17. The fraction of sp³-hybridized carbons (Fsp3) is 0.385. The van der Waals surface area contributed by atoms with E-state index in [4.69, 9.17) is 0 Å². The van der Waals surface area contributed by atoms with E-state index in [0.717, 1.165) is 11.1 Å². The Labute approximate surface area is 90.3 Å². The molecule has 0 N–H and O–H groups in total. The Balaban J connectivity index is 2.75. The number of benzene rings is 1. The van der Waals surface area contributed by atoms with Crippen molar-refractivity contribution >= 4 is 11.6 Å². The van der Waals surface area contributed by atoms with Crippen LogP contribution in [0, 0.1) is 12.8 Å². The third kappa shape index (κ3) is 3.01. The van der Waals surface area contributed by atoms with Gasteiger partial charge in [-0.05, 0) is 18.1 Å². The average molecular weight is 204 g/mol. The van der Waals surface area contributed by atoms with Crippen LogP contribution in [0.4, 0.5) is 0 Å². The minimum absolute atomic E-state index is 0.207. The third-order valence-electron chi connectivity index (χ3n) is 2.41. The highest BCUT2D eigenvalue weighted by atomic mass is 16.2. The first-order valence-corrected chi connectivity index (χ1v) is 5.14. The minimum Gasteiger partial charge on any atom is -0.291 e. The SMILES string of the molecule is Cc1ccccc1CC(=O)C(=O)C(C)C. The van der Waals surface area contributed by atoms with E-state index >= 15 is 0 Å². The van der Waals surface area contributed by atoms with Crippen LogP contribution in [-0.2, 0) is 16.0 Å². The van der Waals surface area contributed by atoms with Gasteiger partial charge in [0.25, 0.3) is 0 Å². The summed E-state index contributed by atoms with van der Waals surface area (Å²) in [6, 6.07) is 7.65. The van der Waals surface area contributed by atoms with Crippen LogP contribution in [0.5, 0.6) is 0 Å². The third-order valence-corrected chi connectivity index (χ3v) is 2.41. The molecule has 1 aromatic rings. The fourth-order valence-corrected chi connectivity index (χ4v) is 1.39. The molecule has 0 atom stereocenters. The van der Waals surface area contributed by atoms with E-state index in [-0.39, 0.29) is 23.9 Å². The zero-order valence-electron chi connectivity index (χ0n) is 9.41. The van der Waals surface area contributed by atoms with Crippen molar-refractivity contribution in [1.82, 2.24) is 0 Å². The molecular weight excluding hydrogens is 188 g/mol. The molecule has 0 radical (unpaired) electrons. The van der Waals surface area contributed by atoms with E-state index in [1.54, 1.807) is 13.8 Å². The number of carbonyl (C=O) groups excluding carboxylic acids is 2. The first-order valence-electron chi connectivity index (χ1n) is 5.14. The van der Waals surface area contributed by atoms with Crippen molar-refractivity contribution in [3.05, 3.63) is 35.4 Å². The van der Waals surface area contributed by atoms with Crippen molar-refractivity contribution in [2.24, 2.45) is 5.92 Å². The smallest absolute Gasteiger partial charge is 0.203 e. The lowest BCUT2D eigenvalue weighted by atomic mass is 9.97. The van der Waals surface area contributed by atoms with Crippen molar-refractivity contribution in [3.63, 3.8) is 0 Å². The van der Waals surface area contributed by atoms with Gasteiger partial charge in [-0.3, -0.25) is 9.59 Å². The summed E-state index contributed by atoms with van der Waals surface area (Å²) in [5.41, 5.74) is 2.00. The van der Waals surface area contributed by atoms with E-state index in [0.29, 0.717) is 0 Å². The molecule has 1 rings (SSSR count). The van der Waals surface area contributed by atoms with E-state index in [2.05, 4.69) is 0 Å². The van der Waals surface area contributed by atoms with Crippen LogP contribution >= 0.6 is 0 Å². The standard InChI is InChI=1S/C13H16O2/c1-9(2)13(15)12(14)8-11-7-5-4-6-10(11)3/h4-7,9H,8H2,1-3H3. The molecule has 0 bridgehead atoms. The molecule has 80 valence electrons. The summed E-state index contributed by atoms with van der Waals surface area (Å²) in [6.45, 7) is 5.44.